The number of hydrogen-bond acceptors (Lipinski definition) is 8. The molecule has 2 fully saturated rings. The standard InChI is InChI=1S/C43H45F7N6O5/c1-26-8-13-37(56(26)28-10-12-35-31(24-28)33(42(45,46)47)25-38(57)51-35)39(43(48,49)50)61-20-5-4-19-60-21-18-54-14-16-55(17-15-54)41(59)32-22-27(9-11-34(32)44)23-36-29-6-2-3-7-30(29)40(58)53-52-36/h2-3,6-7,9-12,22,24-26,37,39H,4-5,8,13-21,23H2,1H3,(H,51,57)(H,53,58)/t26-,37?,39?/m0/s1. The van der Waals surface area contributed by atoms with E-state index in [9.17, 15) is 45.1 Å². The number of amides is 1. The van der Waals surface area contributed by atoms with Gasteiger partial charge in [-0.05, 0) is 74.6 Å². The Morgan fingerprint density at radius 2 is 1.61 bits per heavy atom. The zero-order chi connectivity index (χ0) is 43.5. The first kappa shape index (κ1) is 43.7. The minimum atomic E-state index is -4.84. The van der Waals surface area contributed by atoms with E-state index in [4.69, 9.17) is 9.47 Å². The smallest absolute Gasteiger partial charge is 0.380 e. The van der Waals surface area contributed by atoms with Crippen LogP contribution in [0.25, 0.3) is 21.7 Å². The summed E-state index contributed by atoms with van der Waals surface area (Å²) in [5, 5.41) is 7.53. The maximum absolute atomic E-state index is 14.9. The van der Waals surface area contributed by atoms with Gasteiger partial charge in [-0.2, -0.15) is 31.4 Å². The number of halogens is 7. The van der Waals surface area contributed by atoms with E-state index < -0.39 is 53.4 Å². The van der Waals surface area contributed by atoms with Crippen LogP contribution in [0.4, 0.5) is 36.4 Å². The van der Waals surface area contributed by atoms with Gasteiger partial charge in [0, 0.05) is 86.4 Å². The first-order valence-corrected chi connectivity index (χ1v) is 20.1. The highest BCUT2D eigenvalue weighted by Crippen LogP contribution is 2.41. The van der Waals surface area contributed by atoms with E-state index in [1.807, 2.05) is 0 Å². The molecule has 2 aromatic heterocycles. The second-order valence-corrected chi connectivity index (χ2v) is 15.5. The lowest BCUT2D eigenvalue weighted by atomic mass is 10.0. The van der Waals surface area contributed by atoms with Crippen molar-refractivity contribution in [3.63, 3.8) is 0 Å². The Kier molecular flexibility index (Phi) is 13.2. The molecule has 2 saturated heterocycles. The fraction of sp³-hybridized carbons (Fsp3) is 0.442. The molecule has 326 valence electrons. The maximum Gasteiger partial charge on any atom is 0.417 e. The summed E-state index contributed by atoms with van der Waals surface area (Å²) in [5.74, 6) is -1.06. The molecule has 3 atom stereocenters. The minimum absolute atomic E-state index is 0.0453. The number of H-pyrrole nitrogens is 2. The third-order valence-electron chi connectivity index (χ3n) is 11.4. The maximum atomic E-state index is 14.9. The first-order valence-electron chi connectivity index (χ1n) is 20.1. The number of nitrogens with zero attached hydrogens (tertiary/aromatic N) is 4. The Balaban J connectivity index is 0.850. The number of pyridine rings is 1. The quantitative estimate of drug-likeness (QED) is 0.0899. The van der Waals surface area contributed by atoms with Crippen molar-refractivity contribution in [2.75, 3.05) is 57.4 Å². The van der Waals surface area contributed by atoms with E-state index in [1.165, 1.54) is 35.2 Å². The monoisotopic (exact) mass is 858 g/mol. The van der Waals surface area contributed by atoms with Crippen LogP contribution in [0.5, 0.6) is 0 Å². The Hall–Kier alpha value is -5.33. The van der Waals surface area contributed by atoms with Gasteiger partial charge in [0.1, 0.15) is 5.82 Å². The largest absolute Gasteiger partial charge is 0.417 e. The van der Waals surface area contributed by atoms with Crippen LogP contribution in [0, 0.1) is 5.82 Å². The Bertz CT molecular complexity index is 2470. The summed E-state index contributed by atoms with van der Waals surface area (Å²) in [4.78, 5) is 45.0. The van der Waals surface area contributed by atoms with Gasteiger partial charge < -0.3 is 24.3 Å². The van der Waals surface area contributed by atoms with Crippen LogP contribution in [-0.4, -0.2) is 108 Å². The number of carbonyl (C=O) groups is 1. The van der Waals surface area contributed by atoms with Crippen LogP contribution in [0.3, 0.4) is 0 Å². The molecule has 11 nitrogen and oxygen atoms in total. The minimum Gasteiger partial charge on any atom is -0.380 e. The molecule has 7 rings (SSSR count). The number of hydrogen-bond donors (Lipinski definition) is 2. The van der Waals surface area contributed by atoms with E-state index in [2.05, 4.69) is 20.1 Å². The van der Waals surface area contributed by atoms with Gasteiger partial charge in [-0.3, -0.25) is 19.3 Å². The number of carbonyl (C=O) groups excluding carboxylic acids is 1. The lowest BCUT2D eigenvalue weighted by molar-refractivity contribution is -0.226. The Labute approximate surface area is 345 Å². The van der Waals surface area contributed by atoms with Gasteiger partial charge in [0.2, 0.25) is 5.56 Å². The van der Waals surface area contributed by atoms with E-state index in [1.54, 1.807) is 42.2 Å². The molecule has 2 unspecified atom stereocenters. The summed E-state index contributed by atoms with van der Waals surface area (Å²) in [6.45, 7) is 4.53. The molecule has 4 heterocycles. The predicted octanol–water partition coefficient (Wildman–Crippen LogP) is 7.07. The van der Waals surface area contributed by atoms with Gasteiger partial charge in [-0.1, -0.05) is 24.3 Å². The van der Waals surface area contributed by atoms with E-state index in [-0.39, 0.29) is 60.2 Å². The fourth-order valence-electron chi connectivity index (χ4n) is 8.32. The number of aromatic amines is 2. The summed E-state index contributed by atoms with van der Waals surface area (Å²) in [7, 11) is 0. The molecule has 2 N–H and O–H groups in total. The van der Waals surface area contributed by atoms with Crippen molar-refractivity contribution < 1.29 is 45.0 Å². The topological polar surface area (TPSA) is 124 Å². The van der Waals surface area contributed by atoms with Crippen molar-refractivity contribution in [1.29, 1.82) is 0 Å². The van der Waals surface area contributed by atoms with Crippen LogP contribution in [0.15, 0.2) is 76.3 Å². The molecule has 0 radical (unpaired) electrons. The van der Waals surface area contributed by atoms with Crippen molar-refractivity contribution in [2.45, 2.75) is 69.6 Å². The highest BCUT2D eigenvalue weighted by molar-refractivity contribution is 5.95. The molecule has 0 spiro atoms. The van der Waals surface area contributed by atoms with Gasteiger partial charge in [0.25, 0.3) is 11.5 Å². The van der Waals surface area contributed by atoms with Crippen molar-refractivity contribution in [2.24, 2.45) is 0 Å². The lowest BCUT2D eigenvalue weighted by Crippen LogP contribution is -2.50. The van der Waals surface area contributed by atoms with Crippen LogP contribution in [0.2, 0.25) is 0 Å². The number of alkyl halides is 6. The zero-order valence-electron chi connectivity index (χ0n) is 33.3. The van der Waals surface area contributed by atoms with Crippen LogP contribution in [0.1, 0.15) is 59.8 Å². The van der Waals surface area contributed by atoms with Gasteiger partial charge >= 0.3 is 12.4 Å². The fourth-order valence-corrected chi connectivity index (χ4v) is 8.32. The summed E-state index contributed by atoms with van der Waals surface area (Å²) in [5.41, 5.74) is -1.10. The number of rotatable bonds is 14. The van der Waals surface area contributed by atoms with Crippen molar-refractivity contribution in [3.05, 3.63) is 116 Å². The van der Waals surface area contributed by atoms with Crippen LogP contribution in [-0.2, 0) is 22.1 Å². The Morgan fingerprint density at radius 3 is 2.34 bits per heavy atom. The van der Waals surface area contributed by atoms with E-state index in [0.29, 0.717) is 80.3 Å². The van der Waals surface area contributed by atoms with Gasteiger partial charge in [0.05, 0.1) is 34.9 Å². The van der Waals surface area contributed by atoms with E-state index in [0.717, 1.165) is 0 Å². The van der Waals surface area contributed by atoms with E-state index >= 15 is 0 Å². The molecule has 1 amide bonds. The van der Waals surface area contributed by atoms with Gasteiger partial charge in [0.15, 0.2) is 6.10 Å². The molecule has 5 aromatic rings. The number of nitrogens with one attached hydrogen (secondary N) is 2. The SMILES string of the molecule is C[C@H]1CCC(C(OCCCCOCCN2CCN(C(=O)c3cc(Cc4n[nH]c(=O)c5ccccc45)ccc3F)CC2)C(F)(F)F)N1c1ccc2[nH]c(=O)cc(C(F)(F)F)c2c1. The highest BCUT2D eigenvalue weighted by Gasteiger charge is 2.50. The molecule has 2 aliphatic heterocycles. The molecule has 0 saturated carbocycles. The molecule has 0 aliphatic carbocycles. The third-order valence-corrected chi connectivity index (χ3v) is 11.4. The van der Waals surface area contributed by atoms with Crippen LogP contribution >= 0.6 is 0 Å². The number of ether oxygens (including phenoxy) is 2. The summed E-state index contributed by atoms with van der Waals surface area (Å²) in [6, 6.07) is 14.1. The number of fused-ring (bicyclic) bond motifs is 2. The zero-order valence-corrected chi connectivity index (χ0v) is 33.3. The molecular weight excluding hydrogens is 813 g/mol. The molecule has 2 aliphatic rings. The average Bonchev–Trinajstić information content (AvgIpc) is 3.60. The van der Waals surface area contributed by atoms with Crippen LogP contribution < -0.4 is 16.0 Å². The molecule has 0 bridgehead atoms. The molecule has 61 heavy (non-hydrogen) atoms. The van der Waals surface area contributed by atoms with Gasteiger partial charge in [-0.25, -0.2) is 9.49 Å². The van der Waals surface area contributed by atoms with Crippen molar-refractivity contribution in [3.8, 4) is 0 Å². The highest BCUT2D eigenvalue weighted by atomic mass is 19.4. The second-order valence-electron chi connectivity index (χ2n) is 15.5. The van der Waals surface area contributed by atoms with Gasteiger partial charge in [-0.15, -0.1) is 0 Å². The summed E-state index contributed by atoms with van der Waals surface area (Å²) < 4.78 is 111. The summed E-state index contributed by atoms with van der Waals surface area (Å²) >= 11 is 0. The number of benzene rings is 3. The lowest BCUT2D eigenvalue weighted by Gasteiger charge is -2.36. The predicted molar refractivity (Wildman–Crippen MR) is 214 cm³/mol. The van der Waals surface area contributed by atoms with Crippen molar-refractivity contribution in [1.82, 2.24) is 25.0 Å². The number of unbranched alkanes of at least 4 members (excludes halogenated alkanes) is 1. The Morgan fingerprint density at radius 1 is 0.869 bits per heavy atom. The third kappa shape index (κ3) is 10.1. The van der Waals surface area contributed by atoms with Crippen molar-refractivity contribution >= 4 is 33.3 Å². The number of anilines is 1. The molecular formula is C43H45F7N6O5. The average molecular weight is 859 g/mol. The molecule has 18 heteroatoms. The number of piperazine rings is 1. The molecule has 3 aromatic carbocycles. The normalized spacial score (nSPS) is 18.4. The second kappa shape index (κ2) is 18.3. The number of aromatic nitrogens is 3. The first-order chi connectivity index (χ1) is 29.1. The summed E-state index contributed by atoms with van der Waals surface area (Å²) in [6.07, 6.45) is -10.3.